The predicted octanol–water partition coefficient (Wildman–Crippen LogP) is 0.343. The molecule has 2 amide bonds. The first-order chi connectivity index (χ1) is 10.7. The lowest BCUT2D eigenvalue weighted by molar-refractivity contribution is -0.125. The van der Waals surface area contributed by atoms with Crippen molar-refractivity contribution in [2.24, 2.45) is 0 Å². The van der Waals surface area contributed by atoms with Gasteiger partial charge in [-0.3, -0.25) is 9.59 Å². The van der Waals surface area contributed by atoms with Crippen molar-refractivity contribution in [3.05, 3.63) is 24.3 Å². The van der Waals surface area contributed by atoms with Crippen LogP contribution in [-0.2, 0) is 14.3 Å². The number of hydrogen-bond acceptors (Lipinski definition) is 5. The van der Waals surface area contributed by atoms with Crippen LogP contribution in [0.2, 0.25) is 0 Å². The molecule has 0 aliphatic heterocycles. The normalized spacial score (nSPS) is 9.91. The second-order valence-corrected chi connectivity index (χ2v) is 4.33. The maximum absolute atomic E-state index is 11.6. The predicted molar refractivity (Wildman–Crippen MR) is 81.0 cm³/mol. The zero-order valence-corrected chi connectivity index (χ0v) is 12.9. The smallest absolute Gasteiger partial charge is 0.258 e. The molecule has 0 unspecified atom stereocenters. The molecule has 0 saturated carbocycles. The number of nitrogens with one attached hydrogen (secondary N) is 2. The van der Waals surface area contributed by atoms with Crippen molar-refractivity contribution in [2.75, 3.05) is 40.0 Å². The maximum Gasteiger partial charge on any atom is 0.258 e. The van der Waals surface area contributed by atoms with Crippen LogP contribution in [0.1, 0.15) is 6.92 Å². The number of methoxy groups -OCH3 is 1. The van der Waals surface area contributed by atoms with Gasteiger partial charge in [0.1, 0.15) is 18.1 Å². The molecule has 7 heteroatoms. The van der Waals surface area contributed by atoms with E-state index in [1.54, 1.807) is 24.3 Å². The van der Waals surface area contributed by atoms with E-state index in [0.717, 1.165) is 5.75 Å². The van der Waals surface area contributed by atoms with E-state index < -0.39 is 0 Å². The first-order valence-electron chi connectivity index (χ1n) is 7.03. The number of hydrogen-bond donors (Lipinski definition) is 2. The van der Waals surface area contributed by atoms with Crippen LogP contribution in [0.15, 0.2) is 24.3 Å². The third-order valence-corrected chi connectivity index (χ3v) is 2.55. The molecule has 0 heterocycles. The Bertz CT molecular complexity index is 462. The monoisotopic (exact) mass is 310 g/mol. The highest BCUT2D eigenvalue weighted by Gasteiger charge is 2.03. The quantitative estimate of drug-likeness (QED) is 0.609. The molecule has 0 saturated heterocycles. The summed E-state index contributed by atoms with van der Waals surface area (Å²) in [5.74, 6) is 0.871. The molecular weight excluding hydrogens is 288 g/mol. The summed E-state index contributed by atoms with van der Waals surface area (Å²) < 4.78 is 15.3. The van der Waals surface area contributed by atoms with Gasteiger partial charge in [0, 0.05) is 20.2 Å². The standard InChI is InChI=1S/C15H22N2O5/c1-3-21-12-4-6-13(7-5-12)22-11-15(19)17-9-8-16-14(18)10-20-2/h4-7H,3,8-11H2,1-2H3,(H,16,18)(H,17,19). The molecule has 0 bridgehead atoms. The highest BCUT2D eigenvalue weighted by Crippen LogP contribution is 2.17. The van der Waals surface area contributed by atoms with E-state index in [-0.39, 0.29) is 25.0 Å². The van der Waals surface area contributed by atoms with Gasteiger partial charge >= 0.3 is 0 Å². The minimum Gasteiger partial charge on any atom is -0.494 e. The molecule has 0 radical (unpaired) electrons. The zero-order valence-electron chi connectivity index (χ0n) is 12.9. The van der Waals surface area contributed by atoms with E-state index in [1.165, 1.54) is 7.11 Å². The molecule has 22 heavy (non-hydrogen) atoms. The van der Waals surface area contributed by atoms with Gasteiger partial charge < -0.3 is 24.8 Å². The Morgan fingerprint density at radius 1 is 0.909 bits per heavy atom. The average molecular weight is 310 g/mol. The summed E-state index contributed by atoms with van der Waals surface area (Å²) in [6.07, 6.45) is 0. The lowest BCUT2D eigenvalue weighted by atomic mass is 10.3. The summed E-state index contributed by atoms with van der Waals surface area (Å²) in [5, 5.41) is 5.24. The van der Waals surface area contributed by atoms with Crippen LogP contribution in [0.3, 0.4) is 0 Å². The lowest BCUT2D eigenvalue weighted by Gasteiger charge is -2.09. The molecule has 0 fully saturated rings. The minimum absolute atomic E-state index is 0.00873. The molecule has 0 atom stereocenters. The van der Waals surface area contributed by atoms with Crippen molar-refractivity contribution in [3.8, 4) is 11.5 Å². The van der Waals surface area contributed by atoms with E-state index in [2.05, 4.69) is 15.4 Å². The van der Waals surface area contributed by atoms with Gasteiger partial charge in [0.25, 0.3) is 5.91 Å². The Balaban J connectivity index is 2.16. The van der Waals surface area contributed by atoms with Crippen LogP contribution in [0, 0.1) is 0 Å². The van der Waals surface area contributed by atoms with Crippen molar-refractivity contribution in [3.63, 3.8) is 0 Å². The molecule has 0 aromatic heterocycles. The zero-order chi connectivity index (χ0) is 16.2. The summed E-state index contributed by atoms with van der Waals surface area (Å²) in [4.78, 5) is 22.6. The summed E-state index contributed by atoms with van der Waals surface area (Å²) in [6, 6.07) is 7.04. The fourth-order valence-electron chi connectivity index (χ4n) is 1.58. The second kappa shape index (κ2) is 10.4. The number of ether oxygens (including phenoxy) is 3. The Labute approximate surface area is 129 Å². The van der Waals surface area contributed by atoms with E-state index in [1.807, 2.05) is 6.92 Å². The molecule has 1 aromatic rings. The Kier molecular flexibility index (Phi) is 8.44. The highest BCUT2D eigenvalue weighted by atomic mass is 16.5. The molecule has 1 aromatic carbocycles. The van der Waals surface area contributed by atoms with E-state index in [4.69, 9.17) is 9.47 Å². The fraction of sp³-hybridized carbons (Fsp3) is 0.467. The summed E-state index contributed by atoms with van der Waals surface area (Å²) >= 11 is 0. The number of benzene rings is 1. The molecular formula is C15H22N2O5. The van der Waals surface area contributed by atoms with Crippen LogP contribution < -0.4 is 20.1 Å². The van der Waals surface area contributed by atoms with Gasteiger partial charge in [0.2, 0.25) is 5.91 Å². The van der Waals surface area contributed by atoms with Gasteiger partial charge in [0.15, 0.2) is 6.61 Å². The van der Waals surface area contributed by atoms with Crippen molar-refractivity contribution in [2.45, 2.75) is 6.92 Å². The van der Waals surface area contributed by atoms with Crippen molar-refractivity contribution < 1.29 is 23.8 Å². The largest absolute Gasteiger partial charge is 0.494 e. The van der Waals surface area contributed by atoms with Crippen molar-refractivity contribution in [1.29, 1.82) is 0 Å². The maximum atomic E-state index is 11.6. The Morgan fingerprint density at radius 2 is 1.41 bits per heavy atom. The Morgan fingerprint density at radius 3 is 1.91 bits per heavy atom. The fourth-order valence-corrected chi connectivity index (χ4v) is 1.58. The van der Waals surface area contributed by atoms with Crippen LogP contribution in [0.25, 0.3) is 0 Å². The van der Waals surface area contributed by atoms with Gasteiger partial charge in [-0.05, 0) is 31.2 Å². The lowest BCUT2D eigenvalue weighted by Crippen LogP contribution is -2.37. The number of amides is 2. The molecule has 0 spiro atoms. The molecule has 2 N–H and O–H groups in total. The van der Waals surface area contributed by atoms with Gasteiger partial charge in [-0.15, -0.1) is 0 Å². The second-order valence-electron chi connectivity index (χ2n) is 4.33. The minimum atomic E-state index is -0.255. The van der Waals surface area contributed by atoms with Gasteiger partial charge in [-0.1, -0.05) is 0 Å². The number of carbonyl (C=O) groups is 2. The van der Waals surface area contributed by atoms with Crippen LogP contribution >= 0.6 is 0 Å². The topological polar surface area (TPSA) is 85.9 Å². The summed E-state index contributed by atoms with van der Waals surface area (Å²) in [7, 11) is 1.44. The highest BCUT2D eigenvalue weighted by molar-refractivity contribution is 5.78. The molecule has 122 valence electrons. The van der Waals surface area contributed by atoms with Crippen LogP contribution in [0.4, 0.5) is 0 Å². The molecule has 0 aliphatic carbocycles. The summed E-state index contributed by atoms with van der Waals surface area (Å²) in [6.45, 7) is 3.11. The van der Waals surface area contributed by atoms with Crippen LogP contribution in [-0.4, -0.2) is 51.8 Å². The SMILES string of the molecule is CCOc1ccc(OCC(=O)NCCNC(=O)COC)cc1. The van der Waals surface area contributed by atoms with Crippen molar-refractivity contribution in [1.82, 2.24) is 10.6 Å². The first-order valence-corrected chi connectivity index (χ1v) is 7.03. The van der Waals surface area contributed by atoms with Crippen LogP contribution in [0.5, 0.6) is 11.5 Å². The third kappa shape index (κ3) is 7.49. The van der Waals surface area contributed by atoms with E-state index in [0.29, 0.717) is 25.4 Å². The third-order valence-electron chi connectivity index (χ3n) is 2.55. The summed E-state index contributed by atoms with van der Waals surface area (Å²) in [5.41, 5.74) is 0. The molecule has 1 rings (SSSR count). The molecule has 0 aliphatic rings. The van der Waals surface area contributed by atoms with Gasteiger partial charge in [0.05, 0.1) is 6.61 Å². The average Bonchev–Trinajstić information content (AvgIpc) is 2.51. The van der Waals surface area contributed by atoms with E-state index >= 15 is 0 Å². The number of carbonyl (C=O) groups excluding carboxylic acids is 2. The first kappa shape index (κ1) is 17.8. The van der Waals surface area contributed by atoms with Gasteiger partial charge in [-0.2, -0.15) is 0 Å². The Hall–Kier alpha value is -2.28. The van der Waals surface area contributed by atoms with E-state index in [9.17, 15) is 9.59 Å². The molecule has 7 nitrogen and oxygen atoms in total. The van der Waals surface area contributed by atoms with Crippen molar-refractivity contribution >= 4 is 11.8 Å². The number of rotatable bonds is 10. The van der Waals surface area contributed by atoms with Gasteiger partial charge in [-0.25, -0.2) is 0 Å².